The molecule has 1 saturated heterocycles. The number of nitrogens with zero attached hydrogens (tertiary/aromatic N) is 2. The molecule has 3 rings (SSSR count). The van der Waals surface area contributed by atoms with Crippen LogP contribution in [-0.2, 0) is 4.74 Å². The van der Waals surface area contributed by atoms with Crippen LogP contribution in [0.15, 0.2) is 42.5 Å². The molecule has 0 unspecified atom stereocenters. The zero-order valence-electron chi connectivity index (χ0n) is 13.6. The number of carbonyl (C=O) groups excluding carboxylic acids is 1. The summed E-state index contributed by atoms with van der Waals surface area (Å²) in [6, 6.07) is 10.7. The van der Waals surface area contributed by atoms with E-state index in [4.69, 9.17) is 4.74 Å². The number of amides is 1. The quantitative estimate of drug-likeness (QED) is 0.633. The second-order valence-corrected chi connectivity index (χ2v) is 5.84. The lowest BCUT2D eigenvalue weighted by molar-refractivity contribution is -0.385. The van der Waals surface area contributed by atoms with E-state index in [1.807, 2.05) is 0 Å². The van der Waals surface area contributed by atoms with Gasteiger partial charge in [0.2, 0.25) is 0 Å². The van der Waals surface area contributed by atoms with Gasteiger partial charge < -0.3 is 9.64 Å². The molecule has 7 heteroatoms. The first-order valence-corrected chi connectivity index (χ1v) is 7.88. The third-order valence-electron chi connectivity index (χ3n) is 4.34. The summed E-state index contributed by atoms with van der Waals surface area (Å²) >= 11 is 0. The monoisotopic (exact) mass is 344 g/mol. The molecular weight excluding hydrogens is 327 g/mol. The molecule has 130 valence electrons. The van der Waals surface area contributed by atoms with Crippen molar-refractivity contribution in [2.45, 2.75) is 13.0 Å². The van der Waals surface area contributed by atoms with Crippen LogP contribution >= 0.6 is 0 Å². The fourth-order valence-electron chi connectivity index (χ4n) is 2.98. The second-order valence-electron chi connectivity index (χ2n) is 5.84. The molecule has 0 bridgehead atoms. The van der Waals surface area contributed by atoms with Gasteiger partial charge in [-0.3, -0.25) is 14.9 Å². The molecular formula is C18H17FN2O4. The van der Waals surface area contributed by atoms with Gasteiger partial charge in [0.05, 0.1) is 18.1 Å². The summed E-state index contributed by atoms with van der Waals surface area (Å²) in [5.41, 5.74) is 0.912. The van der Waals surface area contributed by atoms with Crippen molar-refractivity contribution in [1.29, 1.82) is 0 Å². The zero-order valence-corrected chi connectivity index (χ0v) is 13.6. The number of nitro groups is 1. The molecule has 1 fully saturated rings. The molecule has 1 heterocycles. The number of halogens is 1. The molecule has 1 atom stereocenters. The van der Waals surface area contributed by atoms with Crippen LogP contribution in [-0.4, -0.2) is 35.4 Å². The minimum absolute atomic E-state index is 0.0928. The van der Waals surface area contributed by atoms with E-state index in [1.54, 1.807) is 36.1 Å². The van der Waals surface area contributed by atoms with E-state index in [1.165, 1.54) is 18.2 Å². The second kappa shape index (κ2) is 6.98. The van der Waals surface area contributed by atoms with Crippen LogP contribution in [0.2, 0.25) is 0 Å². The van der Waals surface area contributed by atoms with Crippen molar-refractivity contribution in [3.05, 3.63) is 75.1 Å². The Morgan fingerprint density at radius 1 is 1.28 bits per heavy atom. The number of hydrogen-bond donors (Lipinski definition) is 0. The summed E-state index contributed by atoms with van der Waals surface area (Å²) in [6.45, 7) is 2.38. The Labute approximate surface area is 144 Å². The third-order valence-corrected chi connectivity index (χ3v) is 4.34. The Hall–Kier alpha value is -2.80. The summed E-state index contributed by atoms with van der Waals surface area (Å²) in [6.07, 6.45) is -0.557. The Bertz CT molecular complexity index is 824. The number of hydrogen-bond acceptors (Lipinski definition) is 4. The molecule has 0 saturated carbocycles. The Morgan fingerprint density at radius 3 is 2.76 bits per heavy atom. The van der Waals surface area contributed by atoms with Gasteiger partial charge in [-0.2, -0.15) is 0 Å². The summed E-state index contributed by atoms with van der Waals surface area (Å²) < 4.78 is 19.6. The van der Waals surface area contributed by atoms with Crippen molar-refractivity contribution >= 4 is 11.6 Å². The van der Waals surface area contributed by atoms with E-state index in [2.05, 4.69) is 0 Å². The maximum absolute atomic E-state index is 14.0. The smallest absolute Gasteiger partial charge is 0.273 e. The van der Waals surface area contributed by atoms with Crippen molar-refractivity contribution in [3.63, 3.8) is 0 Å². The zero-order chi connectivity index (χ0) is 18.0. The van der Waals surface area contributed by atoms with Crippen LogP contribution < -0.4 is 0 Å². The molecule has 2 aromatic carbocycles. The molecule has 1 aliphatic rings. The van der Waals surface area contributed by atoms with Crippen molar-refractivity contribution in [2.75, 3.05) is 19.7 Å². The molecule has 0 aromatic heterocycles. The van der Waals surface area contributed by atoms with Gasteiger partial charge in [0.15, 0.2) is 0 Å². The Balaban J connectivity index is 1.85. The largest absolute Gasteiger partial charge is 0.370 e. The number of benzene rings is 2. The van der Waals surface area contributed by atoms with Gasteiger partial charge >= 0.3 is 0 Å². The van der Waals surface area contributed by atoms with Gasteiger partial charge in [0.25, 0.3) is 11.6 Å². The lowest BCUT2D eigenvalue weighted by atomic mass is 10.0. The summed E-state index contributed by atoms with van der Waals surface area (Å²) in [4.78, 5) is 24.9. The SMILES string of the molecule is Cc1c(C(=O)N2CCO[C@H](c3ccccc3F)C2)cccc1[N+](=O)[O-]. The van der Waals surface area contributed by atoms with E-state index in [0.29, 0.717) is 17.7 Å². The molecule has 2 aromatic rings. The highest BCUT2D eigenvalue weighted by atomic mass is 19.1. The van der Waals surface area contributed by atoms with Gasteiger partial charge in [0.1, 0.15) is 11.9 Å². The molecule has 0 aliphatic carbocycles. The number of rotatable bonds is 3. The predicted octanol–water partition coefficient (Wildman–Crippen LogP) is 3.26. The van der Waals surface area contributed by atoms with Gasteiger partial charge in [-0.15, -0.1) is 0 Å². The van der Waals surface area contributed by atoms with E-state index in [-0.39, 0.29) is 36.1 Å². The minimum Gasteiger partial charge on any atom is -0.370 e. The summed E-state index contributed by atoms with van der Waals surface area (Å²) in [7, 11) is 0. The van der Waals surface area contributed by atoms with E-state index >= 15 is 0 Å². The molecule has 25 heavy (non-hydrogen) atoms. The first-order chi connectivity index (χ1) is 12.0. The average molecular weight is 344 g/mol. The normalized spacial score (nSPS) is 17.4. The maximum atomic E-state index is 14.0. The first-order valence-electron chi connectivity index (χ1n) is 7.88. The van der Waals surface area contributed by atoms with E-state index < -0.39 is 11.0 Å². The topological polar surface area (TPSA) is 72.7 Å². The Morgan fingerprint density at radius 2 is 2.04 bits per heavy atom. The van der Waals surface area contributed by atoms with Crippen molar-refractivity contribution < 1.29 is 18.8 Å². The number of carbonyl (C=O) groups is 1. The minimum atomic E-state index is -0.557. The van der Waals surface area contributed by atoms with Crippen LogP contribution in [0, 0.1) is 22.9 Å². The fourth-order valence-corrected chi connectivity index (χ4v) is 2.98. The van der Waals surface area contributed by atoms with Gasteiger partial charge in [-0.25, -0.2) is 4.39 Å². The number of morpholine rings is 1. The van der Waals surface area contributed by atoms with Gasteiger partial charge in [-0.05, 0) is 19.1 Å². The highest BCUT2D eigenvalue weighted by Gasteiger charge is 2.29. The van der Waals surface area contributed by atoms with Crippen LogP contribution in [0.25, 0.3) is 0 Å². The standard InChI is InChI=1S/C18H17FN2O4/c1-12-13(6-4-8-16(12)21(23)24)18(22)20-9-10-25-17(11-20)14-5-2-3-7-15(14)19/h2-8,17H,9-11H2,1H3/t17-/m0/s1. The number of nitro benzene ring substituents is 1. The molecule has 1 amide bonds. The van der Waals surface area contributed by atoms with Crippen LogP contribution in [0.4, 0.5) is 10.1 Å². The van der Waals surface area contributed by atoms with Crippen LogP contribution in [0.3, 0.4) is 0 Å². The van der Waals surface area contributed by atoms with Crippen molar-refractivity contribution in [2.24, 2.45) is 0 Å². The molecule has 1 aliphatic heterocycles. The maximum Gasteiger partial charge on any atom is 0.273 e. The molecule has 0 N–H and O–H groups in total. The Kier molecular flexibility index (Phi) is 4.76. The molecule has 0 radical (unpaired) electrons. The highest BCUT2D eigenvalue weighted by Crippen LogP contribution is 2.27. The van der Waals surface area contributed by atoms with Crippen LogP contribution in [0.5, 0.6) is 0 Å². The van der Waals surface area contributed by atoms with Crippen LogP contribution in [0.1, 0.15) is 27.6 Å². The van der Waals surface area contributed by atoms with Gasteiger partial charge in [0, 0.05) is 29.3 Å². The van der Waals surface area contributed by atoms with E-state index in [9.17, 15) is 19.3 Å². The van der Waals surface area contributed by atoms with Gasteiger partial charge in [-0.1, -0.05) is 24.3 Å². The number of ether oxygens (including phenoxy) is 1. The van der Waals surface area contributed by atoms with E-state index in [0.717, 1.165) is 0 Å². The first kappa shape index (κ1) is 17.0. The lowest BCUT2D eigenvalue weighted by Gasteiger charge is -2.33. The van der Waals surface area contributed by atoms with Crippen molar-refractivity contribution in [1.82, 2.24) is 4.90 Å². The molecule has 6 nitrogen and oxygen atoms in total. The summed E-state index contributed by atoms with van der Waals surface area (Å²) in [5.74, 6) is -0.695. The molecule has 0 spiro atoms. The van der Waals surface area contributed by atoms with Crippen molar-refractivity contribution in [3.8, 4) is 0 Å². The predicted molar refractivity (Wildman–Crippen MR) is 88.8 cm³/mol. The summed E-state index contributed by atoms with van der Waals surface area (Å²) in [5, 5.41) is 11.1. The lowest BCUT2D eigenvalue weighted by Crippen LogP contribution is -2.42. The third kappa shape index (κ3) is 3.36. The average Bonchev–Trinajstić information content (AvgIpc) is 2.61. The highest BCUT2D eigenvalue weighted by molar-refractivity contribution is 5.96. The fraction of sp³-hybridized carbons (Fsp3) is 0.278.